The smallest absolute Gasteiger partial charge is 0.416 e. The average molecular weight is 359 g/mol. The summed E-state index contributed by atoms with van der Waals surface area (Å²) in [4.78, 5) is 2.63. The molecular weight excluding hydrogens is 347 g/mol. The highest BCUT2D eigenvalue weighted by Gasteiger charge is 2.29. The summed E-state index contributed by atoms with van der Waals surface area (Å²) in [6.07, 6.45) is -3.95. The predicted molar refractivity (Wildman–Crippen MR) is 86.8 cm³/mol. The molecule has 6 nitrogen and oxygen atoms in total. The van der Waals surface area contributed by atoms with E-state index in [1.165, 1.54) is 12.1 Å². The molecule has 3 rings (SSSR count). The van der Waals surface area contributed by atoms with Crippen molar-refractivity contribution < 1.29 is 17.6 Å². The van der Waals surface area contributed by atoms with Crippen LogP contribution in [0.5, 0.6) is 0 Å². The number of alkyl halides is 3. The van der Waals surface area contributed by atoms with Crippen molar-refractivity contribution in [3.05, 3.63) is 81.6 Å². The maximum absolute atomic E-state index is 12.7. The SMILES string of the molecule is [N-]=[N+]=NCc1nnc(-c2ccccc2Cc2ccc(C(F)(F)F)cc2)o1. The second-order valence-corrected chi connectivity index (χ2v) is 5.42. The Bertz CT molecular complexity index is 944. The number of azide groups is 1. The van der Waals surface area contributed by atoms with Crippen LogP contribution in [0.4, 0.5) is 13.2 Å². The lowest BCUT2D eigenvalue weighted by Gasteiger charge is -2.09. The molecule has 0 saturated heterocycles. The van der Waals surface area contributed by atoms with Crippen LogP contribution in [-0.2, 0) is 19.1 Å². The van der Waals surface area contributed by atoms with Crippen LogP contribution in [0.25, 0.3) is 21.9 Å². The minimum absolute atomic E-state index is 0.0510. The minimum atomic E-state index is -4.36. The summed E-state index contributed by atoms with van der Waals surface area (Å²) in [6, 6.07) is 12.2. The molecule has 0 saturated carbocycles. The third kappa shape index (κ3) is 4.01. The lowest BCUT2D eigenvalue weighted by atomic mass is 9.99. The Labute approximate surface area is 145 Å². The second kappa shape index (κ2) is 7.28. The van der Waals surface area contributed by atoms with Crippen LogP contribution in [-0.4, -0.2) is 10.2 Å². The summed E-state index contributed by atoms with van der Waals surface area (Å²) in [6.45, 7) is -0.0510. The molecule has 0 atom stereocenters. The number of rotatable bonds is 5. The molecule has 0 fully saturated rings. The summed E-state index contributed by atoms with van der Waals surface area (Å²) in [5, 5.41) is 11.1. The molecule has 0 spiro atoms. The first kappa shape index (κ1) is 17.5. The van der Waals surface area contributed by atoms with Crippen LogP contribution in [0.3, 0.4) is 0 Å². The van der Waals surface area contributed by atoms with Gasteiger partial charge in [0.25, 0.3) is 0 Å². The standard InChI is InChI=1S/C17H12F3N5O/c18-17(19,20)13-7-5-11(6-8-13)9-12-3-1-2-4-14(12)16-24-23-15(26-16)10-22-25-21/h1-8H,9-10H2. The molecule has 0 aliphatic rings. The largest absolute Gasteiger partial charge is 0.421 e. The summed E-state index contributed by atoms with van der Waals surface area (Å²) in [7, 11) is 0. The van der Waals surface area contributed by atoms with Gasteiger partial charge < -0.3 is 4.42 Å². The zero-order chi connectivity index (χ0) is 18.6. The summed E-state index contributed by atoms with van der Waals surface area (Å²) < 4.78 is 43.5. The van der Waals surface area contributed by atoms with E-state index in [0.717, 1.165) is 23.3 Å². The van der Waals surface area contributed by atoms with E-state index in [9.17, 15) is 13.2 Å². The maximum atomic E-state index is 12.7. The van der Waals surface area contributed by atoms with Gasteiger partial charge in [-0.15, -0.1) is 10.2 Å². The normalized spacial score (nSPS) is 11.2. The maximum Gasteiger partial charge on any atom is 0.416 e. The first-order valence-corrected chi connectivity index (χ1v) is 7.55. The van der Waals surface area contributed by atoms with E-state index in [-0.39, 0.29) is 18.3 Å². The van der Waals surface area contributed by atoms with Gasteiger partial charge in [-0.25, -0.2) is 0 Å². The van der Waals surface area contributed by atoms with Gasteiger partial charge in [-0.2, -0.15) is 13.2 Å². The van der Waals surface area contributed by atoms with Gasteiger partial charge in [-0.1, -0.05) is 35.4 Å². The second-order valence-electron chi connectivity index (χ2n) is 5.42. The van der Waals surface area contributed by atoms with Gasteiger partial charge >= 0.3 is 6.18 Å². The molecule has 1 heterocycles. The monoisotopic (exact) mass is 359 g/mol. The van der Waals surface area contributed by atoms with Crippen LogP contribution >= 0.6 is 0 Å². The Hall–Kier alpha value is -3.32. The highest BCUT2D eigenvalue weighted by molar-refractivity contribution is 5.59. The Morgan fingerprint density at radius 3 is 2.46 bits per heavy atom. The summed E-state index contributed by atoms with van der Waals surface area (Å²) in [5.74, 6) is 0.442. The van der Waals surface area contributed by atoms with Crippen LogP contribution in [0.15, 0.2) is 58.1 Å². The van der Waals surface area contributed by atoms with Crippen molar-refractivity contribution in [3.63, 3.8) is 0 Å². The number of hydrogen-bond acceptors (Lipinski definition) is 4. The lowest BCUT2D eigenvalue weighted by Crippen LogP contribution is -2.04. The van der Waals surface area contributed by atoms with Crippen molar-refractivity contribution in [2.45, 2.75) is 19.1 Å². The molecule has 9 heteroatoms. The molecule has 0 bridgehead atoms. The van der Waals surface area contributed by atoms with Crippen molar-refractivity contribution in [1.82, 2.24) is 10.2 Å². The van der Waals surface area contributed by atoms with Gasteiger partial charge in [0, 0.05) is 10.5 Å². The third-order valence-corrected chi connectivity index (χ3v) is 3.66. The van der Waals surface area contributed by atoms with Crippen molar-refractivity contribution in [2.75, 3.05) is 0 Å². The van der Waals surface area contributed by atoms with Gasteiger partial charge in [0.2, 0.25) is 11.8 Å². The molecule has 0 aliphatic heterocycles. The molecule has 2 aromatic carbocycles. The van der Waals surface area contributed by atoms with Crippen LogP contribution in [0, 0.1) is 0 Å². The molecule has 0 N–H and O–H groups in total. The fourth-order valence-electron chi connectivity index (χ4n) is 2.43. The third-order valence-electron chi connectivity index (χ3n) is 3.66. The number of halogens is 3. The van der Waals surface area contributed by atoms with Crippen molar-refractivity contribution >= 4 is 0 Å². The molecule has 3 aromatic rings. The molecule has 0 amide bonds. The van der Waals surface area contributed by atoms with Gasteiger partial charge in [-0.3, -0.25) is 0 Å². The topological polar surface area (TPSA) is 87.7 Å². The quantitative estimate of drug-likeness (QED) is 0.358. The predicted octanol–water partition coefficient (Wildman–Crippen LogP) is 5.16. The van der Waals surface area contributed by atoms with E-state index in [1.54, 1.807) is 12.1 Å². The summed E-state index contributed by atoms with van der Waals surface area (Å²) >= 11 is 0. The molecule has 1 aromatic heterocycles. The summed E-state index contributed by atoms with van der Waals surface area (Å²) in [5.41, 5.74) is 9.86. The number of benzene rings is 2. The average Bonchev–Trinajstić information content (AvgIpc) is 3.09. The van der Waals surface area contributed by atoms with E-state index < -0.39 is 11.7 Å². The van der Waals surface area contributed by atoms with Gasteiger partial charge in [0.15, 0.2) is 0 Å². The van der Waals surface area contributed by atoms with Crippen LogP contribution in [0.2, 0.25) is 0 Å². The van der Waals surface area contributed by atoms with E-state index in [2.05, 4.69) is 20.2 Å². The fourth-order valence-corrected chi connectivity index (χ4v) is 2.43. The van der Waals surface area contributed by atoms with Crippen molar-refractivity contribution in [3.8, 4) is 11.5 Å². The number of nitrogens with zero attached hydrogens (tertiary/aromatic N) is 5. The Kier molecular flexibility index (Phi) is 4.90. The molecule has 26 heavy (non-hydrogen) atoms. The lowest BCUT2D eigenvalue weighted by molar-refractivity contribution is -0.137. The van der Waals surface area contributed by atoms with Crippen molar-refractivity contribution in [1.29, 1.82) is 0 Å². The number of hydrogen-bond donors (Lipinski definition) is 0. The highest BCUT2D eigenvalue weighted by Crippen LogP contribution is 2.30. The van der Waals surface area contributed by atoms with Gasteiger partial charge in [0.1, 0.15) is 6.54 Å². The zero-order valence-electron chi connectivity index (χ0n) is 13.3. The van der Waals surface area contributed by atoms with E-state index >= 15 is 0 Å². The highest BCUT2D eigenvalue weighted by atomic mass is 19.4. The Morgan fingerprint density at radius 1 is 1.04 bits per heavy atom. The molecule has 0 unspecified atom stereocenters. The molecular formula is C17H12F3N5O. The van der Waals surface area contributed by atoms with Gasteiger partial charge in [0.05, 0.1) is 5.56 Å². The molecule has 132 valence electrons. The van der Waals surface area contributed by atoms with Crippen LogP contribution in [0.1, 0.15) is 22.6 Å². The van der Waals surface area contributed by atoms with E-state index in [1.807, 2.05) is 12.1 Å². The minimum Gasteiger partial charge on any atom is -0.421 e. The van der Waals surface area contributed by atoms with E-state index in [4.69, 9.17) is 9.95 Å². The zero-order valence-corrected chi connectivity index (χ0v) is 13.3. The first-order chi connectivity index (χ1) is 12.5. The van der Waals surface area contributed by atoms with Crippen molar-refractivity contribution in [2.24, 2.45) is 5.11 Å². The molecule has 0 radical (unpaired) electrons. The fraction of sp³-hybridized carbons (Fsp3) is 0.176. The van der Waals surface area contributed by atoms with Gasteiger partial charge in [-0.05, 0) is 41.3 Å². The molecule has 0 aliphatic carbocycles. The first-order valence-electron chi connectivity index (χ1n) is 7.55. The number of aromatic nitrogens is 2. The van der Waals surface area contributed by atoms with Crippen LogP contribution < -0.4 is 0 Å². The Balaban J connectivity index is 1.85. The Morgan fingerprint density at radius 2 is 1.77 bits per heavy atom. The van der Waals surface area contributed by atoms with E-state index in [0.29, 0.717) is 12.0 Å².